The number of nitrogens with two attached hydrogens (primary N) is 1. The molecular weight excluding hydrogens is 285 g/mol. The molecule has 0 aliphatic carbocycles. The van der Waals surface area contributed by atoms with E-state index in [1.165, 1.54) is 12.4 Å². The molecule has 94 valence electrons. The number of aromatic nitrogens is 2. The minimum absolute atomic E-state index is 0.214. The van der Waals surface area contributed by atoms with Crippen LogP contribution in [0.5, 0.6) is 0 Å². The Balaban J connectivity index is 2.57. The molecule has 2 aromatic rings. The van der Waals surface area contributed by atoms with Crippen LogP contribution >= 0.6 is 23.2 Å². The molecule has 2 rings (SSSR count). The number of primary amides is 1. The summed E-state index contributed by atoms with van der Waals surface area (Å²) in [5.41, 5.74) is 6.29. The Morgan fingerprint density at radius 3 is 2.42 bits per heavy atom. The van der Waals surface area contributed by atoms with Crippen LogP contribution < -0.4 is 5.73 Å². The van der Waals surface area contributed by atoms with Crippen molar-refractivity contribution in [2.75, 3.05) is 0 Å². The van der Waals surface area contributed by atoms with Gasteiger partial charge < -0.3 is 5.73 Å². The molecule has 1 amide bonds. The fourth-order valence-electron chi connectivity index (χ4n) is 1.47. The van der Waals surface area contributed by atoms with Crippen LogP contribution in [0.4, 0.5) is 0 Å². The molecule has 0 bridgehead atoms. The fourth-order valence-corrected chi connectivity index (χ4v) is 1.85. The normalized spacial score (nSPS) is 9.95. The maximum Gasteiger partial charge on any atom is 0.251 e. The fraction of sp³-hybridized carbons (Fsp3) is 0. The highest BCUT2D eigenvalue weighted by atomic mass is 35.5. The summed E-state index contributed by atoms with van der Waals surface area (Å²) in [7, 11) is 0. The van der Waals surface area contributed by atoms with E-state index in [-0.39, 0.29) is 10.6 Å². The molecule has 0 aliphatic rings. The standard InChI is InChI=1S/C13H7Cl2N3O/c1-2-8-9(3-4-10(14)11(8)15)13-17-5-7(6-18-13)12(16)19/h1,3-6H,(H2,16,19). The summed E-state index contributed by atoms with van der Waals surface area (Å²) < 4.78 is 0. The maximum absolute atomic E-state index is 10.9. The Hall–Kier alpha value is -2.09. The van der Waals surface area contributed by atoms with Crippen molar-refractivity contribution in [1.29, 1.82) is 0 Å². The van der Waals surface area contributed by atoms with Crippen molar-refractivity contribution in [1.82, 2.24) is 9.97 Å². The molecule has 0 saturated carbocycles. The summed E-state index contributed by atoms with van der Waals surface area (Å²) in [6, 6.07) is 3.27. The van der Waals surface area contributed by atoms with E-state index < -0.39 is 5.91 Å². The van der Waals surface area contributed by atoms with Crippen LogP contribution in [0.2, 0.25) is 10.0 Å². The van der Waals surface area contributed by atoms with Crippen molar-refractivity contribution in [2.24, 2.45) is 5.73 Å². The van der Waals surface area contributed by atoms with Gasteiger partial charge in [-0.05, 0) is 12.1 Å². The van der Waals surface area contributed by atoms with Gasteiger partial charge in [0.05, 0.1) is 21.2 Å². The third-order valence-electron chi connectivity index (χ3n) is 2.42. The summed E-state index contributed by atoms with van der Waals surface area (Å²) >= 11 is 11.9. The van der Waals surface area contributed by atoms with E-state index in [4.69, 9.17) is 35.4 Å². The molecule has 0 aliphatic heterocycles. The molecule has 6 heteroatoms. The molecule has 0 radical (unpaired) electrons. The van der Waals surface area contributed by atoms with Crippen molar-refractivity contribution < 1.29 is 4.79 Å². The number of terminal acetylenes is 1. The minimum Gasteiger partial charge on any atom is -0.366 e. The van der Waals surface area contributed by atoms with Crippen molar-refractivity contribution >= 4 is 29.1 Å². The summed E-state index contributed by atoms with van der Waals surface area (Å²) in [5.74, 6) is 2.20. The zero-order valence-electron chi connectivity index (χ0n) is 9.52. The highest BCUT2D eigenvalue weighted by molar-refractivity contribution is 6.43. The molecular formula is C13H7Cl2N3O. The zero-order chi connectivity index (χ0) is 14.0. The van der Waals surface area contributed by atoms with Crippen LogP contribution in [0.25, 0.3) is 11.4 Å². The predicted molar refractivity (Wildman–Crippen MR) is 73.9 cm³/mol. The van der Waals surface area contributed by atoms with Crippen LogP contribution in [-0.2, 0) is 0 Å². The Kier molecular flexibility index (Phi) is 3.70. The quantitative estimate of drug-likeness (QED) is 0.865. The Morgan fingerprint density at radius 1 is 1.26 bits per heavy atom. The number of benzene rings is 1. The lowest BCUT2D eigenvalue weighted by Crippen LogP contribution is -2.11. The van der Waals surface area contributed by atoms with Crippen molar-refractivity contribution in [3.63, 3.8) is 0 Å². The second-order valence-electron chi connectivity index (χ2n) is 3.59. The number of carbonyl (C=O) groups excluding carboxylic acids is 1. The molecule has 1 aromatic heterocycles. The lowest BCUT2D eigenvalue weighted by Gasteiger charge is -2.07. The van der Waals surface area contributed by atoms with Crippen LogP contribution in [-0.4, -0.2) is 15.9 Å². The first-order chi connectivity index (χ1) is 9.04. The van der Waals surface area contributed by atoms with Crippen molar-refractivity contribution in [3.05, 3.63) is 45.7 Å². The van der Waals surface area contributed by atoms with E-state index in [9.17, 15) is 4.79 Å². The predicted octanol–water partition coefficient (Wildman–Crippen LogP) is 2.53. The first-order valence-electron chi connectivity index (χ1n) is 5.11. The second kappa shape index (κ2) is 5.27. The molecule has 0 fully saturated rings. The van der Waals surface area contributed by atoms with Crippen molar-refractivity contribution in [3.8, 4) is 23.7 Å². The Labute approximate surface area is 119 Å². The number of carbonyl (C=O) groups is 1. The first kappa shape index (κ1) is 13.3. The summed E-state index contributed by atoms with van der Waals surface area (Å²) in [4.78, 5) is 19.0. The number of amides is 1. The molecule has 0 atom stereocenters. The Morgan fingerprint density at radius 2 is 1.89 bits per heavy atom. The third kappa shape index (κ3) is 2.53. The molecule has 0 unspecified atom stereocenters. The monoisotopic (exact) mass is 291 g/mol. The van der Waals surface area contributed by atoms with Gasteiger partial charge in [0.15, 0.2) is 5.82 Å². The molecule has 19 heavy (non-hydrogen) atoms. The minimum atomic E-state index is -0.599. The number of hydrogen-bond donors (Lipinski definition) is 1. The average Bonchev–Trinajstić information content (AvgIpc) is 2.41. The lowest BCUT2D eigenvalue weighted by molar-refractivity contribution is 0.0999. The largest absolute Gasteiger partial charge is 0.366 e. The van der Waals surface area contributed by atoms with Crippen LogP contribution in [0, 0.1) is 12.3 Å². The molecule has 0 spiro atoms. The van der Waals surface area contributed by atoms with Gasteiger partial charge in [0.1, 0.15) is 0 Å². The van der Waals surface area contributed by atoms with Gasteiger partial charge in [0, 0.05) is 18.0 Å². The third-order valence-corrected chi connectivity index (χ3v) is 3.22. The SMILES string of the molecule is C#Cc1c(-c2ncc(C(N)=O)cn2)ccc(Cl)c1Cl. The number of hydrogen-bond acceptors (Lipinski definition) is 3. The van der Waals surface area contributed by atoms with Crippen LogP contribution in [0.1, 0.15) is 15.9 Å². The highest BCUT2D eigenvalue weighted by Gasteiger charge is 2.13. The second-order valence-corrected chi connectivity index (χ2v) is 4.37. The Bertz CT molecular complexity index is 690. The van der Waals surface area contributed by atoms with Gasteiger partial charge in [-0.2, -0.15) is 0 Å². The molecule has 4 nitrogen and oxygen atoms in total. The van der Waals surface area contributed by atoms with E-state index in [0.29, 0.717) is 22.0 Å². The number of nitrogens with zero attached hydrogens (tertiary/aromatic N) is 2. The van der Waals surface area contributed by atoms with Crippen LogP contribution in [0.3, 0.4) is 0 Å². The van der Waals surface area contributed by atoms with Crippen molar-refractivity contribution in [2.45, 2.75) is 0 Å². The van der Waals surface area contributed by atoms with E-state index in [1.54, 1.807) is 12.1 Å². The molecule has 1 aromatic carbocycles. The molecule has 0 saturated heterocycles. The lowest BCUT2D eigenvalue weighted by atomic mass is 10.1. The molecule has 2 N–H and O–H groups in total. The van der Waals surface area contributed by atoms with Gasteiger partial charge in [-0.1, -0.05) is 29.1 Å². The number of halogens is 2. The van der Waals surface area contributed by atoms with Gasteiger partial charge in [-0.15, -0.1) is 6.42 Å². The summed E-state index contributed by atoms with van der Waals surface area (Å²) in [6.07, 6.45) is 8.07. The smallest absolute Gasteiger partial charge is 0.251 e. The number of rotatable bonds is 2. The summed E-state index contributed by atoms with van der Waals surface area (Å²) in [5, 5.41) is 0.622. The van der Waals surface area contributed by atoms with Gasteiger partial charge in [0.25, 0.3) is 5.91 Å². The van der Waals surface area contributed by atoms with E-state index >= 15 is 0 Å². The zero-order valence-corrected chi connectivity index (χ0v) is 11.0. The van der Waals surface area contributed by atoms with Gasteiger partial charge in [-0.25, -0.2) is 9.97 Å². The average molecular weight is 292 g/mol. The summed E-state index contributed by atoms with van der Waals surface area (Å²) in [6.45, 7) is 0. The highest BCUT2D eigenvalue weighted by Crippen LogP contribution is 2.32. The van der Waals surface area contributed by atoms with Gasteiger partial charge in [0.2, 0.25) is 0 Å². The van der Waals surface area contributed by atoms with E-state index in [2.05, 4.69) is 15.9 Å². The first-order valence-corrected chi connectivity index (χ1v) is 5.87. The van der Waals surface area contributed by atoms with Crippen LogP contribution in [0.15, 0.2) is 24.5 Å². The van der Waals surface area contributed by atoms with Gasteiger partial charge in [-0.3, -0.25) is 4.79 Å². The topological polar surface area (TPSA) is 68.9 Å². The molecule has 1 heterocycles. The van der Waals surface area contributed by atoms with E-state index in [1.807, 2.05) is 0 Å². The maximum atomic E-state index is 10.9. The van der Waals surface area contributed by atoms with Gasteiger partial charge >= 0.3 is 0 Å². The van der Waals surface area contributed by atoms with E-state index in [0.717, 1.165) is 0 Å².